The molecule has 2 aromatic rings. The molecule has 0 unspecified atom stereocenters. The van der Waals surface area contributed by atoms with Crippen LogP contribution >= 0.6 is 22.6 Å². The number of hydrogen-bond acceptors (Lipinski definition) is 4. The highest BCUT2D eigenvalue weighted by molar-refractivity contribution is 14.1. The molecule has 0 amide bonds. The quantitative estimate of drug-likeness (QED) is 0.777. The summed E-state index contributed by atoms with van der Waals surface area (Å²) in [6, 6.07) is 4.97. The number of ether oxygens (including phenoxy) is 1. The van der Waals surface area contributed by atoms with E-state index in [0.29, 0.717) is 27.7 Å². The third-order valence-corrected chi connectivity index (χ3v) is 4.43. The van der Waals surface area contributed by atoms with E-state index in [1.807, 2.05) is 6.92 Å². The van der Waals surface area contributed by atoms with Crippen LogP contribution < -0.4 is 10.3 Å². The van der Waals surface area contributed by atoms with Gasteiger partial charge in [0.1, 0.15) is 5.82 Å². The van der Waals surface area contributed by atoms with Crippen LogP contribution in [0.2, 0.25) is 0 Å². The highest BCUT2D eigenvalue weighted by Gasteiger charge is 2.29. The molecule has 1 aromatic heterocycles. The minimum Gasteiger partial charge on any atom is -0.504 e. The Bertz CT molecular complexity index is 738. The lowest BCUT2D eigenvalue weighted by Gasteiger charge is -2.09. The van der Waals surface area contributed by atoms with Gasteiger partial charge in [-0.25, -0.2) is 4.98 Å². The second-order valence-corrected chi connectivity index (χ2v) is 6.08. The molecule has 1 aliphatic carbocycles. The Kier molecular flexibility index (Phi) is 3.88. The smallest absolute Gasteiger partial charge is 0.264 e. The van der Waals surface area contributed by atoms with E-state index in [-0.39, 0.29) is 11.3 Å². The summed E-state index contributed by atoms with van der Waals surface area (Å²) in [5.41, 5.74) is 1.49. The first-order valence-corrected chi connectivity index (χ1v) is 7.94. The summed E-state index contributed by atoms with van der Waals surface area (Å²) < 4.78 is 6.04. The first-order chi connectivity index (χ1) is 10.1. The molecule has 6 heteroatoms. The van der Waals surface area contributed by atoms with E-state index >= 15 is 0 Å². The number of hydrogen-bond donors (Lipinski definition) is 2. The number of aromatic hydroxyl groups is 1. The third kappa shape index (κ3) is 2.90. The number of aromatic nitrogens is 2. The van der Waals surface area contributed by atoms with E-state index in [0.717, 1.165) is 24.1 Å². The van der Waals surface area contributed by atoms with Gasteiger partial charge in [-0.3, -0.25) is 4.79 Å². The van der Waals surface area contributed by atoms with Gasteiger partial charge in [0.15, 0.2) is 11.5 Å². The van der Waals surface area contributed by atoms with Crippen molar-refractivity contribution >= 4 is 22.6 Å². The fourth-order valence-corrected chi connectivity index (χ4v) is 2.87. The monoisotopic (exact) mass is 398 g/mol. The maximum Gasteiger partial charge on any atom is 0.264 e. The van der Waals surface area contributed by atoms with Crippen LogP contribution in [0, 0.1) is 3.57 Å². The molecule has 21 heavy (non-hydrogen) atoms. The zero-order valence-corrected chi connectivity index (χ0v) is 13.7. The fourth-order valence-electron chi connectivity index (χ4n) is 2.17. The maximum atomic E-state index is 12.1. The molecule has 110 valence electrons. The molecular formula is C15H15IN2O3. The Morgan fingerprint density at radius 2 is 2.24 bits per heavy atom. The topological polar surface area (TPSA) is 75.2 Å². The maximum absolute atomic E-state index is 12.1. The second kappa shape index (κ2) is 5.67. The summed E-state index contributed by atoms with van der Waals surface area (Å²) in [6.45, 7) is 2.31. The number of H-pyrrole nitrogens is 1. The van der Waals surface area contributed by atoms with Crippen LogP contribution in [0.25, 0.3) is 11.4 Å². The predicted octanol–water partition coefficient (Wildman–Crippen LogP) is 3.02. The van der Waals surface area contributed by atoms with Crippen LogP contribution in [0.15, 0.2) is 23.0 Å². The molecule has 2 N–H and O–H groups in total. The first kappa shape index (κ1) is 14.4. The van der Waals surface area contributed by atoms with E-state index < -0.39 is 0 Å². The average Bonchev–Trinajstić information content (AvgIpc) is 3.29. The van der Waals surface area contributed by atoms with Crippen molar-refractivity contribution in [1.29, 1.82) is 0 Å². The Labute approximate surface area is 135 Å². The van der Waals surface area contributed by atoms with Crippen LogP contribution in [-0.2, 0) is 0 Å². The molecule has 1 fully saturated rings. The number of benzene rings is 1. The Morgan fingerprint density at radius 3 is 2.90 bits per heavy atom. The van der Waals surface area contributed by atoms with Crippen molar-refractivity contribution in [3.05, 3.63) is 37.8 Å². The van der Waals surface area contributed by atoms with Gasteiger partial charge in [-0.05, 0) is 60.6 Å². The third-order valence-electron chi connectivity index (χ3n) is 3.39. The van der Waals surface area contributed by atoms with Crippen molar-refractivity contribution in [3.63, 3.8) is 0 Å². The summed E-state index contributed by atoms with van der Waals surface area (Å²) in [5.74, 6) is 1.39. The molecule has 0 spiro atoms. The number of nitrogens with one attached hydrogen (secondary N) is 1. The first-order valence-electron chi connectivity index (χ1n) is 6.86. The van der Waals surface area contributed by atoms with Crippen molar-refractivity contribution in [2.75, 3.05) is 6.61 Å². The van der Waals surface area contributed by atoms with Crippen molar-refractivity contribution < 1.29 is 9.84 Å². The molecule has 0 bridgehead atoms. The highest BCUT2D eigenvalue weighted by Crippen LogP contribution is 2.40. The van der Waals surface area contributed by atoms with Gasteiger partial charge in [-0.15, -0.1) is 0 Å². The molecule has 0 aliphatic heterocycles. The van der Waals surface area contributed by atoms with Crippen molar-refractivity contribution in [3.8, 4) is 22.9 Å². The molecule has 1 aliphatic rings. The van der Waals surface area contributed by atoms with Gasteiger partial charge in [0, 0.05) is 11.5 Å². The Hall–Kier alpha value is -1.57. The summed E-state index contributed by atoms with van der Waals surface area (Å²) in [7, 11) is 0. The van der Waals surface area contributed by atoms with Crippen LogP contribution in [-0.4, -0.2) is 21.7 Å². The molecule has 0 atom stereocenters. The van der Waals surface area contributed by atoms with Crippen LogP contribution in [0.4, 0.5) is 0 Å². The fraction of sp³-hybridized carbons (Fsp3) is 0.333. The van der Waals surface area contributed by atoms with Gasteiger partial charge in [0.25, 0.3) is 5.56 Å². The number of halogens is 1. The summed E-state index contributed by atoms with van der Waals surface area (Å²) in [4.78, 5) is 19.4. The minimum absolute atomic E-state index is 0.0795. The number of rotatable bonds is 4. The van der Waals surface area contributed by atoms with Crippen LogP contribution in [0.3, 0.4) is 0 Å². The second-order valence-electron chi connectivity index (χ2n) is 5.00. The summed E-state index contributed by atoms with van der Waals surface area (Å²) >= 11 is 2.05. The number of phenols is 1. The Balaban J connectivity index is 2.08. The molecule has 1 aromatic carbocycles. The number of nitrogens with zero attached hydrogens (tertiary/aromatic N) is 1. The molecule has 0 saturated heterocycles. The van der Waals surface area contributed by atoms with E-state index in [1.54, 1.807) is 18.2 Å². The van der Waals surface area contributed by atoms with Crippen molar-refractivity contribution in [2.24, 2.45) is 0 Å². The predicted molar refractivity (Wildman–Crippen MR) is 87.8 cm³/mol. The SMILES string of the molecule is CCOc1cc(-c2nc(C3CC3)c(I)c(=O)[nH]2)ccc1O. The van der Waals surface area contributed by atoms with Gasteiger partial charge >= 0.3 is 0 Å². The number of phenolic OH excluding ortho intramolecular Hbond substituents is 1. The van der Waals surface area contributed by atoms with Gasteiger partial charge in [0.2, 0.25) is 0 Å². The lowest BCUT2D eigenvalue weighted by Crippen LogP contribution is -2.16. The standard InChI is InChI=1S/C15H15IN2O3/c1-2-21-11-7-9(5-6-10(11)19)14-17-13(8-3-4-8)12(16)15(20)18-14/h5-8,19H,2-4H2,1H3,(H,17,18,20). The van der Waals surface area contributed by atoms with Gasteiger partial charge in [-0.1, -0.05) is 0 Å². The van der Waals surface area contributed by atoms with Crippen molar-refractivity contribution in [2.45, 2.75) is 25.7 Å². The van der Waals surface area contributed by atoms with Crippen LogP contribution in [0.5, 0.6) is 11.5 Å². The molecule has 0 radical (unpaired) electrons. The lowest BCUT2D eigenvalue weighted by atomic mass is 10.1. The van der Waals surface area contributed by atoms with Gasteiger partial charge in [-0.2, -0.15) is 0 Å². The van der Waals surface area contributed by atoms with E-state index in [9.17, 15) is 9.90 Å². The summed E-state index contributed by atoms with van der Waals surface area (Å²) in [5, 5.41) is 9.75. The molecule has 3 rings (SSSR count). The van der Waals surface area contributed by atoms with Gasteiger partial charge < -0.3 is 14.8 Å². The Morgan fingerprint density at radius 1 is 1.48 bits per heavy atom. The van der Waals surface area contributed by atoms with Crippen LogP contribution in [0.1, 0.15) is 31.4 Å². The molecular weight excluding hydrogens is 383 g/mol. The largest absolute Gasteiger partial charge is 0.504 e. The normalized spacial score (nSPS) is 14.2. The zero-order valence-electron chi connectivity index (χ0n) is 11.5. The molecule has 5 nitrogen and oxygen atoms in total. The highest BCUT2D eigenvalue weighted by atomic mass is 127. The number of aromatic amines is 1. The minimum atomic E-state index is -0.117. The van der Waals surface area contributed by atoms with E-state index in [1.165, 1.54) is 0 Å². The average molecular weight is 398 g/mol. The van der Waals surface area contributed by atoms with E-state index in [2.05, 4.69) is 32.6 Å². The molecule has 1 heterocycles. The lowest BCUT2D eigenvalue weighted by molar-refractivity contribution is 0.318. The van der Waals surface area contributed by atoms with E-state index in [4.69, 9.17) is 4.74 Å². The summed E-state index contributed by atoms with van der Waals surface area (Å²) in [6.07, 6.45) is 2.18. The molecule has 1 saturated carbocycles. The zero-order chi connectivity index (χ0) is 15.0. The van der Waals surface area contributed by atoms with Crippen molar-refractivity contribution in [1.82, 2.24) is 9.97 Å². The van der Waals surface area contributed by atoms with Gasteiger partial charge in [0.05, 0.1) is 15.9 Å².